The summed E-state index contributed by atoms with van der Waals surface area (Å²) in [5, 5.41) is 13.6. The number of aromatic nitrogens is 1. The average molecular weight is 329 g/mol. The maximum atomic E-state index is 12.2. The van der Waals surface area contributed by atoms with Gasteiger partial charge in [0.25, 0.3) is 0 Å². The van der Waals surface area contributed by atoms with Crippen molar-refractivity contribution < 1.29 is 5.11 Å². The topological polar surface area (TPSA) is 68.4 Å². The van der Waals surface area contributed by atoms with E-state index >= 15 is 0 Å². The summed E-state index contributed by atoms with van der Waals surface area (Å²) < 4.78 is 0. The molecule has 0 saturated carbocycles. The number of fused-ring (bicyclic) bond motifs is 1. The number of piperidine rings is 1. The molecule has 3 rings (SSSR count). The number of benzene rings is 1. The van der Waals surface area contributed by atoms with Crippen LogP contribution in [-0.2, 0) is 6.54 Å². The van der Waals surface area contributed by atoms with Gasteiger partial charge in [-0.1, -0.05) is 18.1 Å². The van der Waals surface area contributed by atoms with Gasteiger partial charge >= 0.3 is 0 Å². The second-order valence-corrected chi connectivity index (χ2v) is 6.75. The highest BCUT2D eigenvalue weighted by molar-refractivity contribution is 5.79. The fraction of sp³-hybridized carbons (Fsp3) is 0.526. The molecule has 5 nitrogen and oxygen atoms in total. The summed E-state index contributed by atoms with van der Waals surface area (Å²) >= 11 is 0. The highest BCUT2D eigenvalue weighted by Crippen LogP contribution is 2.15. The van der Waals surface area contributed by atoms with E-state index in [1.54, 1.807) is 6.07 Å². The van der Waals surface area contributed by atoms with Crippen molar-refractivity contribution in [2.45, 2.75) is 38.8 Å². The highest BCUT2D eigenvalue weighted by atomic mass is 16.3. The Balaban J connectivity index is 1.56. The van der Waals surface area contributed by atoms with E-state index in [9.17, 15) is 9.90 Å². The monoisotopic (exact) mass is 329 g/mol. The zero-order valence-corrected chi connectivity index (χ0v) is 14.3. The standard InChI is InChI=1S/C19H27N3O2/c1-14-5-6-18-17(10-14)19(24)11-15(21-18)12-20-7-9-22-8-3-2-4-16(22)13-23/h5-6,10-11,16,20,23H,2-4,7-9,12-13H2,1H3,(H,21,24)/t16-/m1/s1. The molecule has 1 atom stereocenters. The van der Waals surface area contributed by atoms with Crippen molar-refractivity contribution >= 4 is 10.9 Å². The smallest absolute Gasteiger partial charge is 0.189 e. The number of H-pyrrole nitrogens is 1. The molecule has 0 aliphatic carbocycles. The van der Waals surface area contributed by atoms with Crippen LogP contribution in [0.25, 0.3) is 10.9 Å². The third-order valence-electron chi connectivity index (χ3n) is 4.89. The van der Waals surface area contributed by atoms with E-state index < -0.39 is 0 Å². The minimum absolute atomic E-state index is 0.0700. The fourth-order valence-electron chi connectivity index (χ4n) is 3.52. The first-order valence-corrected chi connectivity index (χ1v) is 8.85. The number of aryl methyl sites for hydroxylation is 1. The van der Waals surface area contributed by atoms with Gasteiger partial charge in [0.1, 0.15) is 0 Å². The molecule has 1 saturated heterocycles. The molecule has 1 fully saturated rings. The predicted molar refractivity (Wildman–Crippen MR) is 97.3 cm³/mol. The van der Waals surface area contributed by atoms with Crippen molar-refractivity contribution in [3.63, 3.8) is 0 Å². The molecule has 0 spiro atoms. The van der Waals surface area contributed by atoms with Gasteiger partial charge in [-0.2, -0.15) is 0 Å². The van der Waals surface area contributed by atoms with E-state index in [-0.39, 0.29) is 12.0 Å². The van der Waals surface area contributed by atoms with E-state index in [4.69, 9.17) is 0 Å². The van der Waals surface area contributed by atoms with Crippen molar-refractivity contribution in [2.24, 2.45) is 0 Å². The van der Waals surface area contributed by atoms with Crippen molar-refractivity contribution in [1.82, 2.24) is 15.2 Å². The summed E-state index contributed by atoms with van der Waals surface area (Å²) in [6.07, 6.45) is 3.52. The molecule has 2 heterocycles. The number of hydrogen-bond donors (Lipinski definition) is 3. The summed E-state index contributed by atoms with van der Waals surface area (Å²) in [6.45, 7) is 5.74. The average Bonchev–Trinajstić information content (AvgIpc) is 2.60. The van der Waals surface area contributed by atoms with Crippen LogP contribution < -0.4 is 10.7 Å². The number of hydrogen-bond acceptors (Lipinski definition) is 4. The van der Waals surface area contributed by atoms with Gasteiger partial charge in [-0.05, 0) is 38.4 Å². The molecular weight excluding hydrogens is 302 g/mol. The minimum atomic E-state index is 0.0700. The third-order valence-corrected chi connectivity index (χ3v) is 4.89. The summed E-state index contributed by atoms with van der Waals surface area (Å²) in [7, 11) is 0. The predicted octanol–water partition coefficient (Wildman–Crippen LogP) is 1.77. The van der Waals surface area contributed by atoms with Crippen molar-refractivity contribution in [2.75, 3.05) is 26.2 Å². The van der Waals surface area contributed by atoms with Crippen LogP contribution in [0, 0.1) is 6.92 Å². The van der Waals surface area contributed by atoms with Crippen molar-refractivity contribution in [3.8, 4) is 0 Å². The molecule has 24 heavy (non-hydrogen) atoms. The summed E-state index contributed by atoms with van der Waals surface area (Å²) in [4.78, 5) is 17.9. The quantitative estimate of drug-likeness (QED) is 0.707. The van der Waals surface area contributed by atoms with E-state index in [0.717, 1.165) is 48.2 Å². The maximum absolute atomic E-state index is 12.2. The van der Waals surface area contributed by atoms with E-state index in [1.165, 1.54) is 12.8 Å². The first-order valence-electron chi connectivity index (χ1n) is 8.85. The Hall–Kier alpha value is -1.69. The molecule has 130 valence electrons. The highest BCUT2D eigenvalue weighted by Gasteiger charge is 2.20. The summed E-state index contributed by atoms with van der Waals surface area (Å²) in [6, 6.07) is 7.91. The second-order valence-electron chi connectivity index (χ2n) is 6.75. The number of nitrogens with one attached hydrogen (secondary N) is 2. The molecule has 0 radical (unpaired) electrons. The van der Waals surface area contributed by atoms with E-state index in [2.05, 4.69) is 15.2 Å². The number of aromatic amines is 1. The molecule has 2 aromatic rings. The number of nitrogens with zero attached hydrogens (tertiary/aromatic N) is 1. The van der Waals surface area contributed by atoms with E-state index in [0.29, 0.717) is 12.6 Å². The zero-order chi connectivity index (χ0) is 16.9. The van der Waals surface area contributed by atoms with Crippen LogP contribution in [-0.4, -0.2) is 47.3 Å². The summed E-state index contributed by atoms with van der Waals surface area (Å²) in [5.74, 6) is 0. The first-order chi connectivity index (χ1) is 11.7. The minimum Gasteiger partial charge on any atom is -0.395 e. The van der Waals surface area contributed by atoms with Crippen LogP contribution in [0.15, 0.2) is 29.1 Å². The Morgan fingerprint density at radius 1 is 1.33 bits per heavy atom. The Morgan fingerprint density at radius 3 is 3.04 bits per heavy atom. The van der Waals surface area contributed by atoms with Crippen LogP contribution in [0.4, 0.5) is 0 Å². The lowest BCUT2D eigenvalue weighted by molar-refractivity contribution is 0.0910. The van der Waals surface area contributed by atoms with Gasteiger partial charge in [0.05, 0.1) is 6.61 Å². The molecule has 1 aromatic carbocycles. The summed E-state index contributed by atoms with van der Waals surface area (Å²) in [5.41, 5.74) is 2.97. The zero-order valence-electron chi connectivity index (χ0n) is 14.3. The van der Waals surface area contributed by atoms with Crippen LogP contribution in [0.2, 0.25) is 0 Å². The Labute approximate surface area is 142 Å². The van der Waals surface area contributed by atoms with Crippen molar-refractivity contribution in [1.29, 1.82) is 0 Å². The van der Waals surface area contributed by atoms with Crippen LogP contribution in [0.1, 0.15) is 30.5 Å². The van der Waals surface area contributed by atoms with Crippen LogP contribution >= 0.6 is 0 Å². The van der Waals surface area contributed by atoms with Gasteiger partial charge in [-0.25, -0.2) is 0 Å². The normalized spacial score (nSPS) is 19.0. The second kappa shape index (κ2) is 7.92. The van der Waals surface area contributed by atoms with Crippen molar-refractivity contribution in [3.05, 3.63) is 45.7 Å². The van der Waals surface area contributed by atoms with Gasteiger partial charge in [-0.3, -0.25) is 9.69 Å². The first kappa shape index (κ1) is 17.1. The molecule has 5 heteroatoms. The lowest BCUT2D eigenvalue weighted by Crippen LogP contribution is -2.44. The van der Waals surface area contributed by atoms with Gasteiger partial charge in [0, 0.05) is 48.3 Å². The Bertz CT molecular complexity index is 741. The third kappa shape index (κ3) is 4.04. The molecular formula is C19H27N3O2. The lowest BCUT2D eigenvalue weighted by atomic mass is 10.0. The van der Waals surface area contributed by atoms with Crippen LogP contribution in [0.3, 0.4) is 0 Å². The molecule has 0 bridgehead atoms. The SMILES string of the molecule is Cc1ccc2[nH]c(CNCCN3CCCC[C@@H]3CO)cc(=O)c2c1. The number of aliphatic hydroxyl groups is 1. The van der Waals surface area contributed by atoms with Gasteiger partial charge in [0.2, 0.25) is 0 Å². The molecule has 3 N–H and O–H groups in total. The maximum Gasteiger partial charge on any atom is 0.189 e. The molecule has 1 aliphatic rings. The lowest BCUT2D eigenvalue weighted by Gasteiger charge is -2.34. The van der Waals surface area contributed by atoms with E-state index in [1.807, 2.05) is 25.1 Å². The van der Waals surface area contributed by atoms with Crippen LogP contribution in [0.5, 0.6) is 0 Å². The molecule has 1 aliphatic heterocycles. The number of pyridine rings is 1. The fourth-order valence-corrected chi connectivity index (χ4v) is 3.52. The molecule has 1 aromatic heterocycles. The van der Waals surface area contributed by atoms with Gasteiger partial charge in [0.15, 0.2) is 5.43 Å². The Morgan fingerprint density at radius 2 is 2.21 bits per heavy atom. The van der Waals surface area contributed by atoms with Gasteiger partial charge < -0.3 is 15.4 Å². The number of aliphatic hydroxyl groups excluding tert-OH is 1. The number of rotatable bonds is 6. The molecule has 0 unspecified atom stereocenters. The number of likely N-dealkylation sites (tertiary alicyclic amines) is 1. The van der Waals surface area contributed by atoms with Gasteiger partial charge in [-0.15, -0.1) is 0 Å². The Kier molecular flexibility index (Phi) is 5.66. The molecule has 0 amide bonds. The largest absolute Gasteiger partial charge is 0.395 e.